The number of carboxylic acids is 1. The summed E-state index contributed by atoms with van der Waals surface area (Å²) in [5, 5.41) is 9.02. The normalized spacial score (nSPS) is 13.6. The molecule has 1 aromatic rings. The molecular formula is C15H23NO4S. The predicted octanol–water partition coefficient (Wildman–Crippen LogP) is 2.19. The summed E-state index contributed by atoms with van der Waals surface area (Å²) in [5.41, 5.74) is 0.907. The van der Waals surface area contributed by atoms with Crippen LogP contribution in [0.2, 0.25) is 0 Å². The minimum absolute atomic E-state index is 0.0345. The predicted molar refractivity (Wildman–Crippen MR) is 82.0 cm³/mol. The Morgan fingerprint density at radius 1 is 1.19 bits per heavy atom. The lowest BCUT2D eigenvalue weighted by molar-refractivity contribution is -0.139. The quantitative estimate of drug-likeness (QED) is 0.835. The van der Waals surface area contributed by atoms with Crippen molar-refractivity contribution >= 4 is 15.8 Å². The molecule has 1 N–H and O–H groups in total. The Kier molecular flexibility index (Phi) is 5.92. The molecule has 0 radical (unpaired) electrons. The van der Waals surface area contributed by atoms with E-state index in [4.69, 9.17) is 5.11 Å². The molecule has 0 aromatic heterocycles. The molecular weight excluding hydrogens is 290 g/mol. The van der Waals surface area contributed by atoms with Gasteiger partial charge in [0.05, 0.1) is 11.4 Å². The first-order chi connectivity index (χ1) is 9.61. The first-order valence-electron chi connectivity index (χ1n) is 6.87. The van der Waals surface area contributed by atoms with Crippen molar-refractivity contribution in [3.05, 3.63) is 29.8 Å². The largest absolute Gasteiger partial charge is 0.480 e. The van der Waals surface area contributed by atoms with Crippen molar-refractivity contribution in [1.29, 1.82) is 0 Å². The minimum Gasteiger partial charge on any atom is -0.480 e. The van der Waals surface area contributed by atoms with E-state index in [2.05, 4.69) is 0 Å². The minimum atomic E-state index is -3.21. The highest BCUT2D eigenvalue weighted by atomic mass is 32.2. The van der Waals surface area contributed by atoms with E-state index < -0.39 is 15.8 Å². The van der Waals surface area contributed by atoms with Gasteiger partial charge >= 0.3 is 5.97 Å². The zero-order chi connectivity index (χ0) is 16.2. The van der Waals surface area contributed by atoms with E-state index in [9.17, 15) is 13.2 Å². The highest BCUT2D eigenvalue weighted by Crippen LogP contribution is 2.22. The number of carbonyl (C=O) groups is 1. The maximum absolute atomic E-state index is 11.5. The lowest BCUT2D eigenvalue weighted by Gasteiger charge is -2.29. The van der Waals surface area contributed by atoms with Gasteiger partial charge in [-0.05, 0) is 30.5 Å². The maximum atomic E-state index is 11.5. The van der Waals surface area contributed by atoms with E-state index in [1.807, 2.05) is 25.7 Å². The molecule has 5 nitrogen and oxygen atoms in total. The van der Waals surface area contributed by atoms with Crippen molar-refractivity contribution in [1.82, 2.24) is 4.90 Å². The van der Waals surface area contributed by atoms with Gasteiger partial charge in [-0.3, -0.25) is 9.69 Å². The molecule has 0 saturated heterocycles. The number of carboxylic acid groups (broad SMARTS) is 1. The van der Waals surface area contributed by atoms with Crippen molar-refractivity contribution in [2.45, 2.75) is 31.7 Å². The Balaban J connectivity index is 2.97. The summed E-state index contributed by atoms with van der Waals surface area (Å²) in [5.74, 6) is -0.516. The molecule has 0 amide bonds. The van der Waals surface area contributed by atoms with E-state index in [0.29, 0.717) is 12.5 Å². The van der Waals surface area contributed by atoms with Crippen LogP contribution < -0.4 is 0 Å². The lowest BCUT2D eigenvalue weighted by Crippen LogP contribution is -2.35. The number of benzene rings is 1. The van der Waals surface area contributed by atoms with Crippen molar-refractivity contribution in [3.63, 3.8) is 0 Å². The van der Waals surface area contributed by atoms with Crippen LogP contribution in [-0.4, -0.2) is 43.7 Å². The fraction of sp³-hybridized carbons (Fsp3) is 0.533. The van der Waals surface area contributed by atoms with Crippen molar-refractivity contribution in [2.75, 3.05) is 19.3 Å². The number of rotatable bonds is 7. The summed E-state index contributed by atoms with van der Waals surface area (Å²) >= 11 is 0. The van der Waals surface area contributed by atoms with Gasteiger partial charge in [0.1, 0.15) is 0 Å². The molecule has 21 heavy (non-hydrogen) atoms. The van der Waals surface area contributed by atoms with Gasteiger partial charge in [-0.1, -0.05) is 26.0 Å². The Bertz CT molecular complexity index is 578. The van der Waals surface area contributed by atoms with Gasteiger partial charge in [-0.2, -0.15) is 0 Å². The zero-order valence-corrected chi connectivity index (χ0v) is 13.7. The highest BCUT2D eigenvalue weighted by molar-refractivity contribution is 7.90. The molecule has 118 valence electrons. The SMILES string of the molecule is CC(C)CN(CC(=O)O)C(C)c1ccc(S(C)(=O)=O)cc1. The van der Waals surface area contributed by atoms with E-state index in [0.717, 1.165) is 5.56 Å². The molecule has 0 spiro atoms. The Hall–Kier alpha value is -1.40. The van der Waals surface area contributed by atoms with Crippen LogP contribution in [0.3, 0.4) is 0 Å². The molecule has 1 unspecified atom stereocenters. The van der Waals surface area contributed by atoms with Gasteiger partial charge in [0.15, 0.2) is 9.84 Å². The van der Waals surface area contributed by atoms with Crippen molar-refractivity contribution in [3.8, 4) is 0 Å². The molecule has 0 heterocycles. The number of hydrogen-bond donors (Lipinski definition) is 1. The molecule has 1 aromatic carbocycles. The summed E-state index contributed by atoms with van der Waals surface area (Å²) in [6, 6.07) is 6.54. The van der Waals surface area contributed by atoms with E-state index in [1.165, 1.54) is 6.26 Å². The zero-order valence-electron chi connectivity index (χ0n) is 12.9. The van der Waals surface area contributed by atoms with Crippen LogP contribution >= 0.6 is 0 Å². The Morgan fingerprint density at radius 3 is 2.10 bits per heavy atom. The Morgan fingerprint density at radius 2 is 1.71 bits per heavy atom. The molecule has 1 rings (SSSR count). The van der Waals surface area contributed by atoms with Crippen molar-refractivity contribution < 1.29 is 18.3 Å². The van der Waals surface area contributed by atoms with E-state index in [-0.39, 0.29) is 17.5 Å². The fourth-order valence-corrected chi connectivity index (χ4v) is 2.84. The van der Waals surface area contributed by atoms with Crippen LogP contribution in [0.5, 0.6) is 0 Å². The average molecular weight is 313 g/mol. The first-order valence-corrected chi connectivity index (χ1v) is 8.76. The van der Waals surface area contributed by atoms with E-state index >= 15 is 0 Å². The van der Waals surface area contributed by atoms with Crippen LogP contribution in [0.25, 0.3) is 0 Å². The van der Waals surface area contributed by atoms with Crippen LogP contribution in [0.4, 0.5) is 0 Å². The molecule has 6 heteroatoms. The number of nitrogens with zero attached hydrogens (tertiary/aromatic N) is 1. The fourth-order valence-electron chi connectivity index (χ4n) is 2.21. The van der Waals surface area contributed by atoms with Gasteiger partial charge in [0, 0.05) is 18.8 Å². The van der Waals surface area contributed by atoms with Crippen LogP contribution in [0.15, 0.2) is 29.2 Å². The second kappa shape index (κ2) is 7.04. The summed E-state index contributed by atoms with van der Waals surface area (Å²) in [6.07, 6.45) is 1.17. The van der Waals surface area contributed by atoms with E-state index in [1.54, 1.807) is 24.3 Å². The maximum Gasteiger partial charge on any atom is 0.317 e. The molecule has 0 bridgehead atoms. The standard InChI is InChI=1S/C15H23NO4S/c1-11(2)9-16(10-15(17)18)12(3)13-5-7-14(8-6-13)21(4,19)20/h5-8,11-12H,9-10H2,1-4H3,(H,17,18). The van der Waals surface area contributed by atoms with Crippen LogP contribution in [0, 0.1) is 5.92 Å². The van der Waals surface area contributed by atoms with Gasteiger partial charge in [0.25, 0.3) is 0 Å². The summed E-state index contributed by atoms with van der Waals surface area (Å²) in [6.45, 7) is 6.64. The third-order valence-electron chi connectivity index (χ3n) is 3.28. The van der Waals surface area contributed by atoms with Gasteiger partial charge in [-0.15, -0.1) is 0 Å². The van der Waals surface area contributed by atoms with Gasteiger partial charge in [-0.25, -0.2) is 8.42 Å². The van der Waals surface area contributed by atoms with Gasteiger partial charge < -0.3 is 5.11 Å². The second-order valence-corrected chi connectivity index (χ2v) is 7.75. The summed E-state index contributed by atoms with van der Waals surface area (Å²) < 4.78 is 22.9. The average Bonchev–Trinajstić information content (AvgIpc) is 2.35. The van der Waals surface area contributed by atoms with Crippen molar-refractivity contribution in [2.24, 2.45) is 5.92 Å². The lowest BCUT2D eigenvalue weighted by atomic mass is 10.1. The number of sulfone groups is 1. The topological polar surface area (TPSA) is 74.7 Å². The summed E-state index contributed by atoms with van der Waals surface area (Å²) in [4.78, 5) is 13.1. The smallest absolute Gasteiger partial charge is 0.317 e. The van der Waals surface area contributed by atoms with Crippen LogP contribution in [-0.2, 0) is 14.6 Å². The second-order valence-electron chi connectivity index (χ2n) is 5.73. The number of hydrogen-bond acceptors (Lipinski definition) is 4. The number of aliphatic carboxylic acids is 1. The molecule has 1 atom stereocenters. The molecule has 0 aliphatic carbocycles. The highest BCUT2D eigenvalue weighted by Gasteiger charge is 2.20. The van der Waals surface area contributed by atoms with Crippen LogP contribution in [0.1, 0.15) is 32.4 Å². The van der Waals surface area contributed by atoms with Gasteiger partial charge in [0.2, 0.25) is 0 Å². The monoisotopic (exact) mass is 313 g/mol. The third kappa shape index (κ3) is 5.47. The first kappa shape index (κ1) is 17.7. The molecule has 0 saturated carbocycles. The molecule has 0 fully saturated rings. The Labute approximate surface area is 126 Å². The third-order valence-corrected chi connectivity index (χ3v) is 4.40. The summed E-state index contributed by atoms with van der Waals surface area (Å²) in [7, 11) is -3.21. The molecule has 0 aliphatic heterocycles. The molecule has 0 aliphatic rings.